The molecular weight excluding hydrogens is 310 g/mol. The first-order valence-electron chi connectivity index (χ1n) is 7.74. The zero-order chi connectivity index (χ0) is 17.1. The number of benzene rings is 2. The number of ketones is 1. The Morgan fingerprint density at radius 1 is 1.00 bits per heavy atom. The highest BCUT2D eigenvalue weighted by Gasteiger charge is 2.23. The summed E-state index contributed by atoms with van der Waals surface area (Å²) < 4.78 is 26.3. The number of Topliss-reactive ketones (excluding diaryl/α,β-unsaturated/α-hetero) is 1. The molecule has 1 N–H and O–H groups in total. The van der Waals surface area contributed by atoms with E-state index in [1.165, 1.54) is 6.07 Å². The molecule has 4 heteroatoms. The lowest BCUT2D eigenvalue weighted by atomic mass is 9.88. The smallest absolute Gasteiger partial charge is 0.192 e. The molecule has 0 atom stereocenters. The Balaban J connectivity index is 1.96. The molecule has 0 aliphatic heterocycles. The number of carbonyl (C=O) groups is 1. The molecular formula is C20H16F2O2. The van der Waals surface area contributed by atoms with Crippen molar-refractivity contribution in [2.24, 2.45) is 0 Å². The van der Waals surface area contributed by atoms with Gasteiger partial charge in [-0.15, -0.1) is 0 Å². The third kappa shape index (κ3) is 3.27. The van der Waals surface area contributed by atoms with Crippen molar-refractivity contribution in [3.63, 3.8) is 0 Å². The fraction of sp³-hybridized carbons (Fsp3) is 0.150. The van der Waals surface area contributed by atoms with Crippen molar-refractivity contribution in [1.29, 1.82) is 0 Å². The average Bonchev–Trinajstić information content (AvgIpc) is 2.60. The summed E-state index contributed by atoms with van der Waals surface area (Å²) in [5.41, 5.74) is 1.89. The lowest BCUT2D eigenvalue weighted by molar-refractivity contribution is 0.102. The molecule has 0 aromatic heterocycles. The van der Waals surface area contributed by atoms with E-state index in [-0.39, 0.29) is 11.5 Å². The average molecular weight is 326 g/mol. The number of rotatable bonds is 3. The van der Waals surface area contributed by atoms with Crippen molar-refractivity contribution in [2.45, 2.75) is 19.3 Å². The van der Waals surface area contributed by atoms with Crippen molar-refractivity contribution in [3.05, 3.63) is 88.2 Å². The van der Waals surface area contributed by atoms with Gasteiger partial charge in [-0.25, -0.2) is 8.78 Å². The topological polar surface area (TPSA) is 37.3 Å². The van der Waals surface area contributed by atoms with Crippen LogP contribution in [0.15, 0.2) is 65.4 Å². The maximum atomic E-state index is 13.3. The van der Waals surface area contributed by atoms with Crippen molar-refractivity contribution in [3.8, 4) is 0 Å². The molecule has 3 rings (SSSR count). The summed E-state index contributed by atoms with van der Waals surface area (Å²) >= 11 is 0. The van der Waals surface area contributed by atoms with Crippen LogP contribution >= 0.6 is 0 Å². The summed E-state index contributed by atoms with van der Waals surface area (Å²) in [5.74, 6) is -2.12. The number of halogens is 2. The van der Waals surface area contributed by atoms with E-state index >= 15 is 0 Å². The Morgan fingerprint density at radius 2 is 1.75 bits per heavy atom. The van der Waals surface area contributed by atoms with Crippen LogP contribution in [0.1, 0.15) is 35.2 Å². The highest BCUT2D eigenvalue weighted by Crippen LogP contribution is 2.31. The highest BCUT2D eigenvalue weighted by atomic mass is 19.2. The van der Waals surface area contributed by atoms with Crippen LogP contribution in [0.5, 0.6) is 0 Å². The molecule has 2 aromatic rings. The third-order valence-corrected chi connectivity index (χ3v) is 4.06. The molecule has 0 unspecified atom stereocenters. The van der Waals surface area contributed by atoms with Crippen LogP contribution in [0.25, 0.3) is 6.08 Å². The van der Waals surface area contributed by atoms with Crippen molar-refractivity contribution < 1.29 is 18.7 Å². The van der Waals surface area contributed by atoms with E-state index in [1.54, 1.807) is 30.3 Å². The van der Waals surface area contributed by atoms with Crippen LogP contribution < -0.4 is 0 Å². The Kier molecular flexibility index (Phi) is 4.56. The first-order chi connectivity index (χ1) is 11.6. The highest BCUT2D eigenvalue weighted by molar-refractivity contribution is 6.09. The van der Waals surface area contributed by atoms with Gasteiger partial charge in [0.25, 0.3) is 0 Å². The maximum Gasteiger partial charge on any atom is 0.192 e. The van der Waals surface area contributed by atoms with Gasteiger partial charge in [0, 0.05) is 11.1 Å². The third-order valence-electron chi connectivity index (χ3n) is 4.06. The molecule has 0 bridgehead atoms. The molecule has 122 valence electrons. The first-order valence-corrected chi connectivity index (χ1v) is 7.74. The summed E-state index contributed by atoms with van der Waals surface area (Å²) in [5, 5.41) is 10.5. The van der Waals surface area contributed by atoms with Gasteiger partial charge in [0.2, 0.25) is 0 Å². The summed E-state index contributed by atoms with van der Waals surface area (Å²) in [6.45, 7) is 0. The standard InChI is InChI=1S/C20H16F2O2/c21-17-10-9-13(12-18(17)22)11-15-7-4-8-16(20(15)24)19(23)14-5-2-1-3-6-14/h1-3,5-6,9-12,24H,4,7-8H2/b15-11+. The Morgan fingerprint density at radius 3 is 2.46 bits per heavy atom. The lowest BCUT2D eigenvalue weighted by Crippen LogP contribution is -2.12. The van der Waals surface area contributed by atoms with Gasteiger partial charge in [-0.05, 0) is 48.6 Å². The molecule has 0 heterocycles. The van der Waals surface area contributed by atoms with Crippen molar-refractivity contribution in [2.75, 3.05) is 0 Å². The van der Waals surface area contributed by atoms with Crippen LogP contribution in [0.2, 0.25) is 0 Å². The fourth-order valence-corrected chi connectivity index (χ4v) is 2.81. The van der Waals surface area contributed by atoms with E-state index in [1.807, 2.05) is 6.07 Å². The van der Waals surface area contributed by atoms with E-state index in [2.05, 4.69) is 0 Å². The summed E-state index contributed by atoms with van der Waals surface area (Å²) in [7, 11) is 0. The predicted octanol–water partition coefficient (Wildman–Crippen LogP) is 5.23. The Bertz CT molecular complexity index is 836. The molecule has 0 fully saturated rings. The summed E-state index contributed by atoms with van der Waals surface area (Å²) in [6, 6.07) is 12.3. The zero-order valence-corrected chi connectivity index (χ0v) is 12.9. The van der Waals surface area contributed by atoms with E-state index in [0.29, 0.717) is 41.5 Å². The number of allylic oxidation sites excluding steroid dienone is 2. The van der Waals surface area contributed by atoms with Gasteiger partial charge in [0.1, 0.15) is 5.76 Å². The molecule has 0 amide bonds. The predicted molar refractivity (Wildman–Crippen MR) is 88.6 cm³/mol. The van der Waals surface area contributed by atoms with Crippen LogP contribution in [-0.2, 0) is 0 Å². The van der Waals surface area contributed by atoms with Gasteiger partial charge in [-0.2, -0.15) is 0 Å². The first kappa shape index (κ1) is 16.1. The molecule has 0 saturated carbocycles. The fourth-order valence-electron chi connectivity index (χ4n) is 2.81. The maximum absolute atomic E-state index is 13.3. The molecule has 2 nitrogen and oxygen atoms in total. The number of hydrogen-bond donors (Lipinski definition) is 1. The van der Waals surface area contributed by atoms with E-state index in [0.717, 1.165) is 12.1 Å². The quantitative estimate of drug-likeness (QED) is 0.785. The van der Waals surface area contributed by atoms with Crippen LogP contribution in [0.4, 0.5) is 8.78 Å². The second kappa shape index (κ2) is 6.79. The molecule has 1 aliphatic carbocycles. The van der Waals surface area contributed by atoms with E-state index < -0.39 is 11.6 Å². The summed E-state index contributed by atoms with van der Waals surface area (Å²) in [4.78, 5) is 12.6. The molecule has 0 radical (unpaired) electrons. The largest absolute Gasteiger partial charge is 0.507 e. The molecule has 1 aliphatic rings. The van der Waals surface area contributed by atoms with Gasteiger partial charge in [-0.1, -0.05) is 36.4 Å². The van der Waals surface area contributed by atoms with Gasteiger partial charge in [-0.3, -0.25) is 4.79 Å². The number of hydrogen-bond acceptors (Lipinski definition) is 2. The zero-order valence-electron chi connectivity index (χ0n) is 12.9. The number of carbonyl (C=O) groups excluding carboxylic acids is 1. The molecule has 24 heavy (non-hydrogen) atoms. The lowest BCUT2D eigenvalue weighted by Gasteiger charge is -2.18. The Labute approximate surface area is 138 Å². The molecule has 0 saturated heterocycles. The van der Waals surface area contributed by atoms with E-state index in [4.69, 9.17) is 0 Å². The minimum atomic E-state index is -0.941. The number of aliphatic hydroxyl groups excluding tert-OH is 1. The van der Waals surface area contributed by atoms with Crippen LogP contribution in [0.3, 0.4) is 0 Å². The minimum absolute atomic E-state index is 0.0557. The molecule has 2 aromatic carbocycles. The van der Waals surface area contributed by atoms with Gasteiger partial charge in [0.15, 0.2) is 17.4 Å². The Hall–Kier alpha value is -2.75. The van der Waals surface area contributed by atoms with Gasteiger partial charge < -0.3 is 5.11 Å². The second-order valence-corrected chi connectivity index (χ2v) is 5.72. The van der Waals surface area contributed by atoms with Crippen molar-refractivity contribution in [1.82, 2.24) is 0 Å². The van der Waals surface area contributed by atoms with Gasteiger partial charge in [0.05, 0.1) is 0 Å². The van der Waals surface area contributed by atoms with Gasteiger partial charge >= 0.3 is 0 Å². The van der Waals surface area contributed by atoms with Crippen LogP contribution in [0, 0.1) is 11.6 Å². The second-order valence-electron chi connectivity index (χ2n) is 5.72. The monoisotopic (exact) mass is 326 g/mol. The minimum Gasteiger partial charge on any atom is -0.507 e. The normalized spacial score (nSPS) is 16.5. The number of aliphatic hydroxyl groups is 1. The molecule has 0 spiro atoms. The van der Waals surface area contributed by atoms with Crippen LogP contribution in [-0.4, -0.2) is 10.9 Å². The SMILES string of the molecule is O=C(C1=C(O)/C(=C/c2ccc(F)c(F)c2)CCC1)c1ccccc1. The van der Waals surface area contributed by atoms with E-state index in [9.17, 15) is 18.7 Å². The van der Waals surface area contributed by atoms with Crippen molar-refractivity contribution >= 4 is 11.9 Å². The summed E-state index contributed by atoms with van der Waals surface area (Å²) in [6.07, 6.45) is 3.38.